The molecule has 1 heteroatoms. The zero-order valence-electron chi connectivity index (χ0n) is 10.9. The molecule has 94 valence electrons. The quantitative estimate of drug-likeness (QED) is 0.777. The van der Waals surface area contributed by atoms with Crippen molar-refractivity contribution in [1.29, 1.82) is 5.26 Å². The summed E-state index contributed by atoms with van der Waals surface area (Å²) in [6.07, 6.45) is 2.78. The third-order valence-corrected chi connectivity index (χ3v) is 4.14. The van der Waals surface area contributed by atoms with Crippen LogP contribution >= 0.6 is 0 Å². The third kappa shape index (κ3) is 2.27. The molecule has 0 spiro atoms. The summed E-state index contributed by atoms with van der Waals surface area (Å²) in [5.41, 5.74) is 4.30. The van der Waals surface area contributed by atoms with Crippen molar-refractivity contribution in [2.45, 2.75) is 31.1 Å². The predicted octanol–water partition coefficient (Wildman–Crippen LogP) is 4.61. The number of nitriles is 1. The summed E-state index contributed by atoms with van der Waals surface area (Å²) < 4.78 is 0. The fourth-order valence-corrected chi connectivity index (χ4v) is 3.25. The summed E-state index contributed by atoms with van der Waals surface area (Å²) >= 11 is 0. The number of hydrogen-bond acceptors (Lipinski definition) is 1. The summed E-state index contributed by atoms with van der Waals surface area (Å²) in [6.45, 7) is 0. The lowest BCUT2D eigenvalue weighted by Crippen LogP contribution is -1.96. The molecule has 0 aromatic heterocycles. The van der Waals surface area contributed by atoms with Gasteiger partial charge >= 0.3 is 0 Å². The Kier molecular flexibility index (Phi) is 3.33. The van der Waals surface area contributed by atoms with E-state index in [-0.39, 0.29) is 0 Å². The second-order valence-electron chi connectivity index (χ2n) is 5.22. The van der Waals surface area contributed by atoms with Crippen molar-refractivity contribution in [2.24, 2.45) is 0 Å². The number of benzene rings is 2. The number of rotatable bonds is 3. The van der Waals surface area contributed by atoms with Crippen LogP contribution in [0.4, 0.5) is 0 Å². The van der Waals surface area contributed by atoms with E-state index in [4.69, 9.17) is 5.26 Å². The smallest absolute Gasteiger partial charge is 0.0621 e. The van der Waals surface area contributed by atoms with Gasteiger partial charge in [-0.1, -0.05) is 54.6 Å². The van der Waals surface area contributed by atoms with Crippen LogP contribution in [0.25, 0.3) is 0 Å². The van der Waals surface area contributed by atoms with Crippen LogP contribution < -0.4 is 0 Å². The Morgan fingerprint density at radius 2 is 1.63 bits per heavy atom. The maximum atomic E-state index is 8.81. The average Bonchev–Trinajstić information content (AvgIpc) is 2.85. The molecular formula is C18H17N. The largest absolute Gasteiger partial charge is 0.198 e. The van der Waals surface area contributed by atoms with Crippen molar-refractivity contribution >= 4 is 0 Å². The highest BCUT2D eigenvalue weighted by molar-refractivity contribution is 5.44. The van der Waals surface area contributed by atoms with E-state index < -0.39 is 0 Å². The average molecular weight is 247 g/mol. The first-order valence-corrected chi connectivity index (χ1v) is 6.91. The normalized spacial score (nSPS) is 20.8. The van der Waals surface area contributed by atoms with Gasteiger partial charge in [0, 0.05) is 12.3 Å². The highest BCUT2D eigenvalue weighted by atomic mass is 14.3. The number of nitrogens with zero attached hydrogens (tertiary/aromatic N) is 1. The lowest BCUT2D eigenvalue weighted by Gasteiger charge is -2.12. The Balaban J connectivity index is 1.95. The minimum Gasteiger partial charge on any atom is -0.198 e. The van der Waals surface area contributed by atoms with Gasteiger partial charge in [0.15, 0.2) is 0 Å². The fourth-order valence-electron chi connectivity index (χ4n) is 3.25. The van der Waals surface area contributed by atoms with Crippen LogP contribution in [-0.4, -0.2) is 0 Å². The lowest BCUT2D eigenvalue weighted by molar-refractivity contribution is 0.599. The molecule has 2 aromatic rings. The van der Waals surface area contributed by atoms with Crippen LogP contribution in [0.1, 0.15) is 47.8 Å². The Morgan fingerprint density at radius 1 is 0.947 bits per heavy atom. The first kappa shape index (κ1) is 12.0. The maximum Gasteiger partial charge on any atom is 0.0621 e. The Morgan fingerprint density at radius 3 is 2.37 bits per heavy atom. The topological polar surface area (TPSA) is 23.8 Å². The van der Waals surface area contributed by atoms with Gasteiger partial charge < -0.3 is 0 Å². The van der Waals surface area contributed by atoms with Gasteiger partial charge in [0.2, 0.25) is 0 Å². The zero-order valence-corrected chi connectivity index (χ0v) is 10.9. The highest BCUT2D eigenvalue weighted by Gasteiger charge is 2.30. The standard InChI is InChI=1S/C18H17N/c19-12-6-9-15-13-18(14-7-2-1-3-8-14)17-11-5-4-10-16(15)17/h1-5,7-8,10-11,15,18H,6,9,13H2/t15-,18+/m1/s1. The molecular weight excluding hydrogens is 230 g/mol. The molecule has 0 bridgehead atoms. The van der Waals surface area contributed by atoms with Crippen molar-refractivity contribution in [1.82, 2.24) is 0 Å². The van der Waals surface area contributed by atoms with Gasteiger partial charge in [-0.3, -0.25) is 0 Å². The number of hydrogen-bond donors (Lipinski definition) is 0. The molecule has 0 radical (unpaired) electrons. The van der Waals surface area contributed by atoms with Crippen molar-refractivity contribution in [3.05, 3.63) is 71.3 Å². The molecule has 0 fully saturated rings. The molecule has 19 heavy (non-hydrogen) atoms. The molecule has 1 aliphatic rings. The summed E-state index contributed by atoms with van der Waals surface area (Å²) in [5, 5.41) is 8.81. The predicted molar refractivity (Wildman–Crippen MR) is 76.9 cm³/mol. The van der Waals surface area contributed by atoms with Crippen molar-refractivity contribution in [2.75, 3.05) is 0 Å². The van der Waals surface area contributed by atoms with Crippen molar-refractivity contribution < 1.29 is 0 Å². The van der Waals surface area contributed by atoms with Crippen LogP contribution in [0.3, 0.4) is 0 Å². The van der Waals surface area contributed by atoms with Gasteiger partial charge in [0.25, 0.3) is 0 Å². The van der Waals surface area contributed by atoms with Crippen LogP contribution in [0.15, 0.2) is 54.6 Å². The first-order valence-electron chi connectivity index (χ1n) is 6.91. The molecule has 1 aliphatic carbocycles. The van der Waals surface area contributed by atoms with E-state index in [9.17, 15) is 0 Å². The van der Waals surface area contributed by atoms with E-state index in [0.29, 0.717) is 18.3 Å². The van der Waals surface area contributed by atoms with Crippen LogP contribution in [0.5, 0.6) is 0 Å². The van der Waals surface area contributed by atoms with E-state index in [0.717, 1.165) is 12.8 Å². The molecule has 2 aromatic carbocycles. The summed E-state index contributed by atoms with van der Waals surface area (Å²) in [7, 11) is 0. The third-order valence-electron chi connectivity index (χ3n) is 4.14. The SMILES string of the molecule is N#CCC[C@@H]1C[C@@H](c2ccccc2)c2ccccc21. The zero-order chi connectivity index (χ0) is 13.1. The molecule has 0 heterocycles. The molecule has 0 amide bonds. The Bertz CT molecular complexity index is 595. The molecule has 0 N–H and O–H groups in total. The minimum absolute atomic E-state index is 0.501. The maximum absolute atomic E-state index is 8.81. The first-order chi connectivity index (χ1) is 9.40. The van der Waals surface area contributed by atoms with E-state index in [2.05, 4.69) is 60.7 Å². The van der Waals surface area contributed by atoms with E-state index in [1.165, 1.54) is 16.7 Å². The molecule has 3 rings (SSSR count). The Labute approximate surface area is 114 Å². The molecule has 0 unspecified atom stereocenters. The summed E-state index contributed by atoms with van der Waals surface area (Å²) in [6, 6.07) is 21.7. The van der Waals surface area contributed by atoms with Gasteiger partial charge in [0.05, 0.1) is 6.07 Å². The summed E-state index contributed by atoms with van der Waals surface area (Å²) in [5.74, 6) is 1.04. The fraction of sp³-hybridized carbons (Fsp3) is 0.278. The van der Waals surface area contributed by atoms with E-state index in [1.807, 2.05) is 0 Å². The van der Waals surface area contributed by atoms with Crippen molar-refractivity contribution in [3.8, 4) is 6.07 Å². The van der Waals surface area contributed by atoms with Crippen LogP contribution in [-0.2, 0) is 0 Å². The van der Waals surface area contributed by atoms with Crippen LogP contribution in [0.2, 0.25) is 0 Å². The van der Waals surface area contributed by atoms with Gasteiger partial charge in [-0.05, 0) is 35.4 Å². The van der Waals surface area contributed by atoms with Gasteiger partial charge in [-0.25, -0.2) is 0 Å². The molecule has 0 saturated heterocycles. The minimum atomic E-state index is 0.501. The second kappa shape index (κ2) is 5.28. The van der Waals surface area contributed by atoms with Crippen LogP contribution in [0, 0.1) is 11.3 Å². The monoisotopic (exact) mass is 247 g/mol. The van der Waals surface area contributed by atoms with Gasteiger partial charge in [-0.15, -0.1) is 0 Å². The number of fused-ring (bicyclic) bond motifs is 1. The lowest BCUT2D eigenvalue weighted by atomic mass is 9.92. The summed E-state index contributed by atoms with van der Waals surface area (Å²) in [4.78, 5) is 0. The second-order valence-corrected chi connectivity index (χ2v) is 5.22. The molecule has 0 saturated carbocycles. The van der Waals surface area contributed by atoms with Gasteiger partial charge in [-0.2, -0.15) is 5.26 Å². The van der Waals surface area contributed by atoms with E-state index in [1.54, 1.807) is 0 Å². The van der Waals surface area contributed by atoms with Gasteiger partial charge in [0.1, 0.15) is 0 Å². The molecule has 1 nitrogen and oxygen atoms in total. The van der Waals surface area contributed by atoms with Crippen molar-refractivity contribution in [3.63, 3.8) is 0 Å². The molecule has 0 aliphatic heterocycles. The van der Waals surface area contributed by atoms with E-state index >= 15 is 0 Å². The Hall–Kier alpha value is -2.07. The molecule has 2 atom stereocenters. The highest BCUT2D eigenvalue weighted by Crippen LogP contribution is 2.46.